The number of H-pyrrole nitrogens is 1. The van der Waals surface area contributed by atoms with E-state index in [-0.39, 0.29) is 5.82 Å². The van der Waals surface area contributed by atoms with Gasteiger partial charge in [0.05, 0.1) is 17.3 Å². The second kappa shape index (κ2) is 4.55. The van der Waals surface area contributed by atoms with Crippen molar-refractivity contribution in [1.29, 1.82) is 0 Å². The molecule has 1 N–H and O–H groups in total. The van der Waals surface area contributed by atoms with E-state index in [0.29, 0.717) is 22.8 Å². The third-order valence-electron chi connectivity index (χ3n) is 3.21. The highest BCUT2D eigenvalue weighted by atomic mass is 32.2. The van der Waals surface area contributed by atoms with Gasteiger partial charge < -0.3 is 4.98 Å². The number of tetrazole rings is 1. The highest BCUT2D eigenvalue weighted by Crippen LogP contribution is 2.36. The van der Waals surface area contributed by atoms with Crippen LogP contribution in [0.4, 0.5) is 4.39 Å². The Morgan fingerprint density at radius 1 is 1.40 bits per heavy atom. The molecule has 4 rings (SSSR count). The Hall–Kier alpha value is -1.96. The molecule has 2 heterocycles. The Bertz CT molecular complexity index is 762. The average Bonchev–Trinajstić information content (AvgIpc) is 3.02. The van der Waals surface area contributed by atoms with Gasteiger partial charge in [-0.3, -0.25) is 0 Å². The lowest BCUT2D eigenvalue weighted by Crippen LogP contribution is -1.99. The summed E-state index contributed by atoms with van der Waals surface area (Å²) in [5, 5.41) is 12.5. The molecule has 0 amide bonds. The summed E-state index contributed by atoms with van der Waals surface area (Å²) in [7, 11) is 0. The summed E-state index contributed by atoms with van der Waals surface area (Å²) < 4.78 is 15.4. The van der Waals surface area contributed by atoms with E-state index in [1.807, 2.05) is 10.7 Å². The normalized spacial score (nSPS) is 15.1. The van der Waals surface area contributed by atoms with Gasteiger partial charge in [0.15, 0.2) is 5.82 Å². The van der Waals surface area contributed by atoms with Crippen LogP contribution in [0.15, 0.2) is 23.4 Å². The van der Waals surface area contributed by atoms with Crippen molar-refractivity contribution in [2.45, 2.75) is 29.8 Å². The minimum atomic E-state index is -0.308. The van der Waals surface area contributed by atoms with Crippen molar-refractivity contribution in [3.63, 3.8) is 0 Å². The minimum absolute atomic E-state index is 0.308. The van der Waals surface area contributed by atoms with Gasteiger partial charge in [0, 0.05) is 0 Å². The predicted octanol–water partition coefficient (Wildman–Crippen LogP) is 2.32. The van der Waals surface area contributed by atoms with Gasteiger partial charge >= 0.3 is 0 Å². The number of para-hydroxylation sites is 1. The van der Waals surface area contributed by atoms with E-state index in [1.54, 1.807) is 6.07 Å². The number of thioether (sulfide) groups is 1. The molecule has 1 aliphatic carbocycles. The number of hydrogen-bond donors (Lipinski definition) is 1. The number of rotatable bonds is 4. The smallest absolute Gasteiger partial charge is 0.210 e. The number of aromatic nitrogens is 6. The van der Waals surface area contributed by atoms with Crippen LogP contribution in [0.1, 0.15) is 24.7 Å². The molecule has 0 radical (unpaired) electrons. The molecule has 0 spiro atoms. The van der Waals surface area contributed by atoms with E-state index in [2.05, 4.69) is 25.5 Å². The lowest BCUT2D eigenvalue weighted by atomic mass is 10.3. The standard InChI is InChI=1S/C12H11FN6S/c13-8-2-1-3-9-11(8)15-10(14-9)6-20-12-16-17-18-19(12)7-4-5-7/h1-3,7H,4-6H2,(H,14,15). The van der Waals surface area contributed by atoms with Crippen molar-refractivity contribution >= 4 is 22.8 Å². The number of halogens is 1. The summed E-state index contributed by atoms with van der Waals surface area (Å²) in [6.45, 7) is 0. The quantitative estimate of drug-likeness (QED) is 0.746. The molecular weight excluding hydrogens is 279 g/mol. The van der Waals surface area contributed by atoms with E-state index in [9.17, 15) is 4.39 Å². The molecule has 6 nitrogen and oxygen atoms in total. The van der Waals surface area contributed by atoms with Crippen molar-refractivity contribution in [3.8, 4) is 0 Å². The highest BCUT2D eigenvalue weighted by molar-refractivity contribution is 7.98. The number of hydrogen-bond acceptors (Lipinski definition) is 5. The zero-order valence-corrected chi connectivity index (χ0v) is 11.3. The molecule has 1 fully saturated rings. The molecule has 0 aliphatic heterocycles. The molecule has 0 unspecified atom stereocenters. The first-order valence-corrected chi connectivity index (χ1v) is 7.33. The van der Waals surface area contributed by atoms with E-state index in [1.165, 1.54) is 17.8 Å². The maximum atomic E-state index is 13.6. The third kappa shape index (κ3) is 2.05. The topological polar surface area (TPSA) is 72.3 Å². The van der Waals surface area contributed by atoms with Crippen LogP contribution in [0.25, 0.3) is 11.0 Å². The molecule has 3 aromatic rings. The molecule has 102 valence electrons. The zero-order valence-electron chi connectivity index (χ0n) is 10.5. The Morgan fingerprint density at radius 3 is 3.10 bits per heavy atom. The number of benzene rings is 1. The fraction of sp³-hybridized carbons (Fsp3) is 0.333. The number of aromatic amines is 1. The lowest BCUT2D eigenvalue weighted by molar-refractivity contribution is 0.565. The van der Waals surface area contributed by atoms with Gasteiger partial charge in [0.1, 0.15) is 11.3 Å². The maximum Gasteiger partial charge on any atom is 0.210 e. The van der Waals surface area contributed by atoms with Gasteiger partial charge in [0.25, 0.3) is 0 Å². The SMILES string of the molecule is Fc1cccc2[nH]c(CSc3nnnn3C3CC3)nc12. The summed E-state index contributed by atoms with van der Waals surface area (Å²) in [5.74, 6) is 1.000. The van der Waals surface area contributed by atoms with Crippen LogP contribution in [0.3, 0.4) is 0 Å². The predicted molar refractivity (Wildman–Crippen MR) is 71.7 cm³/mol. The van der Waals surface area contributed by atoms with Gasteiger partial charge in [-0.15, -0.1) is 5.10 Å². The summed E-state index contributed by atoms with van der Waals surface area (Å²) in [6.07, 6.45) is 2.27. The molecule has 2 aromatic heterocycles. The number of nitrogens with zero attached hydrogens (tertiary/aromatic N) is 5. The van der Waals surface area contributed by atoms with Gasteiger partial charge in [-0.25, -0.2) is 14.1 Å². The first-order valence-electron chi connectivity index (χ1n) is 6.35. The van der Waals surface area contributed by atoms with Crippen LogP contribution in [-0.4, -0.2) is 30.2 Å². The first-order chi connectivity index (χ1) is 9.81. The summed E-state index contributed by atoms with van der Waals surface area (Å²) in [5.41, 5.74) is 1.09. The Labute approximate surface area is 117 Å². The van der Waals surface area contributed by atoms with Gasteiger partial charge in [-0.05, 0) is 35.4 Å². The average molecular weight is 290 g/mol. The first kappa shape index (κ1) is 11.8. The van der Waals surface area contributed by atoms with Crippen LogP contribution in [0, 0.1) is 5.82 Å². The lowest BCUT2D eigenvalue weighted by Gasteiger charge is -1.99. The molecule has 0 bridgehead atoms. The zero-order chi connectivity index (χ0) is 13.5. The van der Waals surface area contributed by atoms with Gasteiger partial charge in [-0.2, -0.15) is 0 Å². The van der Waals surface area contributed by atoms with Gasteiger partial charge in [-0.1, -0.05) is 17.8 Å². The van der Waals surface area contributed by atoms with Gasteiger partial charge in [0.2, 0.25) is 5.16 Å². The molecule has 1 aromatic carbocycles. The molecular formula is C12H11FN6S. The Kier molecular flexibility index (Phi) is 2.69. The largest absolute Gasteiger partial charge is 0.341 e. The fourth-order valence-corrected chi connectivity index (χ4v) is 2.89. The fourth-order valence-electron chi connectivity index (χ4n) is 2.08. The van der Waals surface area contributed by atoms with Crippen molar-refractivity contribution < 1.29 is 4.39 Å². The van der Waals surface area contributed by atoms with E-state index in [0.717, 1.165) is 23.8 Å². The third-order valence-corrected chi connectivity index (χ3v) is 4.15. The molecule has 0 saturated heterocycles. The summed E-state index contributed by atoms with van der Waals surface area (Å²) >= 11 is 1.51. The van der Waals surface area contributed by atoms with Crippen LogP contribution in [0.5, 0.6) is 0 Å². The van der Waals surface area contributed by atoms with E-state index in [4.69, 9.17) is 0 Å². The van der Waals surface area contributed by atoms with Crippen LogP contribution in [0.2, 0.25) is 0 Å². The van der Waals surface area contributed by atoms with Crippen molar-refractivity contribution in [1.82, 2.24) is 30.2 Å². The Morgan fingerprint density at radius 2 is 2.30 bits per heavy atom. The summed E-state index contributed by atoms with van der Waals surface area (Å²) in [6, 6.07) is 5.34. The number of fused-ring (bicyclic) bond motifs is 1. The monoisotopic (exact) mass is 290 g/mol. The van der Waals surface area contributed by atoms with Crippen LogP contribution >= 0.6 is 11.8 Å². The highest BCUT2D eigenvalue weighted by Gasteiger charge is 2.27. The molecule has 0 atom stereocenters. The second-order valence-electron chi connectivity index (χ2n) is 4.75. The number of nitrogens with one attached hydrogen (secondary N) is 1. The molecule has 20 heavy (non-hydrogen) atoms. The van der Waals surface area contributed by atoms with Crippen molar-refractivity contribution in [2.75, 3.05) is 0 Å². The Balaban J connectivity index is 1.55. The molecule has 1 saturated carbocycles. The molecule has 8 heteroatoms. The van der Waals surface area contributed by atoms with E-state index >= 15 is 0 Å². The second-order valence-corrected chi connectivity index (χ2v) is 5.69. The minimum Gasteiger partial charge on any atom is -0.341 e. The van der Waals surface area contributed by atoms with Crippen LogP contribution in [-0.2, 0) is 5.75 Å². The number of imidazole rings is 1. The van der Waals surface area contributed by atoms with E-state index < -0.39 is 0 Å². The van der Waals surface area contributed by atoms with Crippen molar-refractivity contribution in [2.24, 2.45) is 0 Å². The van der Waals surface area contributed by atoms with Crippen molar-refractivity contribution in [3.05, 3.63) is 29.8 Å². The molecule has 1 aliphatic rings. The summed E-state index contributed by atoms with van der Waals surface area (Å²) in [4.78, 5) is 7.39. The van der Waals surface area contributed by atoms with Crippen LogP contribution < -0.4 is 0 Å². The maximum absolute atomic E-state index is 13.6.